The van der Waals surface area contributed by atoms with E-state index in [0.717, 1.165) is 17.5 Å². The van der Waals surface area contributed by atoms with E-state index >= 15 is 0 Å². The summed E-state index contributed by atoms with van der Waals surface area (Å²) >= 11 is 1.52. The Hall–Kier alpha value is -1.55. The Kier molecular flexibility index (Phi) is 3.41. The molecule has 0 aromatic carbocycles. The topological polar surface area (TPSA) is 42.2 Å². The molecule has 0 saturated heterocycles. The van der Waals surface area contributed by atoms with Crippen molar-refractivity contribution >= 4 is 17.2 Å². The fourth-order valence-electron chi connectivity index (χ4n) is 1.51. The highest BCUT2D eigenvalue weighted by Crippen LogP contribution is 2.07. The Bertz CT molecular complexity index is 434. The molecule has 2 aromatic heterocycles. The van der Waals surface area contributed by atoms with Crippen LogP contribution in [-0.4, -0.2) is 11.9 Å². The Balaban J connectivity index is 1.88. The van der Waals surface area contributed by atoms with E-state index in [1.807, 2.05) is 29.8 Å². The molecule has 0 bridgehead atoms. The maximum atomic E-state index is 11.7. The fraction of sp³-hybridized carbons (Fsp3) is 0.250. The van der Waals surface area contributed by atoms with Crippen LogP contribution in [0.5, 0.6) is 0 Å². The lowest BCUT2D eigenvalue weighted by Crippen LogP contribution is -2.33. The first-order chi connectivity index (χ1) is 7.75. The Morgan fingerprint density at radius 1 is 1.56 bits per heavy atom. The van der Waals surface area contributed by atoms with Crippen molar-refractivity contribution in [3.8, 4) is 0 Å². The summed E-state index contributed by atoms with van der Waals surface area (Å²) in [5.74, 6) is -0.0164. The molecule has 1 N–H and O–H groups in total. The van der Waals surface area contributed by atoms with Crippen LogP contribution in [-0.2, 0) is 6.42 Å². The lowest BCUT2D eigenvalue weighted by atomic mass is 10.1. The number of furan rings is 1. The third-order valence-electron chi connectivity index (χ3n) is 2.28. The number of carbonyl (C=O) groups excluding carboxylic acids is 1. The van der Waals surface area contributed by atoms with Crippen LogP contribution >= 0.6 is 11.3 Å². The molecular weight excluding hydrogens is 222 g/mol. The van der Waals surface area contributed by atoms with E-state index < -0.39 is 0 Å². The lowest BCUT2D eigenvalue weighted by Gasteiger charge is -2.11. The molecule has 4 heteroatoms. The smallest absolute Gasteiger partial charge is 0.252 e. The van der Waals surface area contributed by atoms with Gasteiger partial charge in [-0.1, -0.05) is 0 Å². The Labute approximate surface area is 98.1 Å². The molecule has 0 radical (unpaired) electrons. The van der Waals surface area contributed by atoms with Gasteiger partial charge < -0.3 is 9.73 Å². The van der Waals surface area contributed by atoms with Crippen LogP contribution in [0.1, 0.15) is 22.8 Å². The summed E-state index contributed by atoms with van der Waals surface area (Å²) in [6, 6.07) is 3.84. The van der Waals surface area contributed by atoms with Gasteiger partial charge in [0.15, 0.2) is 0 Å². The minimum atomic E-state index is -0.0164. The normalized spacial score (nSPS) is 12.3. The number of carbonyl (C=O) groups is 1. The van der Waals surface area contributed by atoms with Crippen molar-refractivity contribution in [1.82, 2.24) is 5.32 Å². The van der Waals surface area contributed by atoms with Crippen LogP contribution in [0.2, 0.25) is 0 Å². The van der Waals surface area contributed by atoms with Crippen LogP contribution in [0.25, 0.3) is 0 Å². The molecule has 0 fully saturated rings. The monoisotopic (exact) mass is 235 g/mol. The molecule has 1 atom stereocenters. The van der Waals surface area contributed by atoms with Crippen LogP contribution in [0.4, 0.5) is 0 Å². The molecule has 2 aromatic rings. The summed E-state index contributed by atoms with van der Waals surface area (Å²) in [6.45, 7) is 1.98. The third-order valence-corrected chi connectivity index (χ3v) is 2.97. The van der Waals surface area contributed by atoms with Crippen molar-refractivity contribution in [2.24, 2.45) is 0 Å². The van der Waals surface area contributed by atoms with Gasteiger partial charge in [-0.25, -0.2) is 0 Å². The molecule has 16 heavy (non-hydrogen) atoms. The second-order valence-electron chi connectivity index (χ2n) is 3.72. The average molecular weight is 235 g/mol. The van der Waals surface area contributed by atoms with Gasteiger partial charge in [-0.05, 0) is 36.4 Å². The maximum Gasteiger partial charge on any atom is 0.252 e. The summed E-state index contributed by atoms with van der Waals surface area (Å²) < 4.78 is 4.98. The first-order valence-electron chi connectivity index (χ1n) is 5.10. The summed E-state index contributed by atoms with van der Waals surface area (Å²) in [6.07, 6.45) is 4.13. The van der Waals surface area contributed by atoms with Crippen molar-refractivity contribution in [3.63, 3.8) is 0 Å². The minimum Gasteiger partial charge on any atom is -0.472 e. The number of rotatable bonds is 4. The Morgan fingerprint density at radius 3 is 3.06 bits per heavy atom. The van der Waals surface area contributed by atoms with E-state index in [9.17, 15) is 4.79 Å². The molecule has 2 heterocycles. The predicted molar refractivity (Wildman–Crippen MR) is 63.7 cm³/mol. The SMILES string of the molecule is C[C@H](Cc1ccoc1)NC(=O)c1ccsc1. The quantitative estimate of drug-likeness (QED) is 0.885. The molecule has 0 aliphatic carbocycles. The van der Waals surface area contributed by atoms with Crippen molar-refractivity contribution in [2.45, 2.75) is 19.4 Å². The molecule has 0 unspecified atom stereocenters. The largest absolute Gasteiger partial charge is 0.472 e. The third kappa shape index (κ3) is 2.73. The molecule has 3 nitrogen and oxygen atoms in total. The van der Waals surface area contributed by atoms with E-state index in [-0.39, 0.29) is 11.9 Å². The van der Waals surface area contributed by atoms with Crippen molar-refractivity contribution in [1.29, 1.82) is 0 Å². The average Bonchev–Trinajstić information content (AvgIpc) is 2.88. The molecular formula is C12H13NO2S. The van der Waals surface area contributed by atoms with Crippen molar-refractivity contribution < 1.29 is 9.21 Å². The predicted octanol–water partition coefficient (Wildman–Crippen LogP) is 2.70. The van der Waals surface area contributed by atoms with Crippen LogP contribution in [0.15, 0.2) is 39.8 Å². The van der Waals surface area contributed by atoms with Gasteiger partial charge >= 0.3 is 0 Å². The number of amides is 1. The second kappa shape index (κ2) is 4.99. The summed E-state index contributed by atoms with van der Waals surface area (Å²) in [4.78, 5) is 11.7. The number of hydrogen-bond acceptors (Lipinski definition) is 3. The highest BCUT2D eigenvalue weighted by Gasteiger charge is 2.10. The summed E-state index contributed by atoms with van der Waals surface area (Å²) in [5, 5.41) is 6.69. The van der Waals surface area contributed by atoms with Gasteiger partial charge in [0.05, 0.1) is 12.5 Å². The summed E-state index contributed by atoms with van der Waals surface area (Å²) in [5.41, 5.74) is 1.82. The zero-order valence-electron chi connectivity index (χ0n) is 8.97. The van der Waals surface area contributed by atoms with E-state index in [1.54, 1.807) is 12.5 Å². The highest BCUT2D eigenvalue weighted by molar-refractivity contribution is 7.08. The molecule has 0 aliphatic rings. The van der Waals surface area contributed by atoms with Gasteiger partial charge in [-0.2, -0.15) is 11.3 Å². The van der Waals surface area contributed by atoms with E-state index in [4.69, 9.17) is 4.42 Å². The molecule has 0 saturated carbocycles. The van der Waals surface area contributed by atoms with E-state index in [1.165, 1.54) is 11.3 Å². The van der Waals surface area contributed by atoms with Gasteiger partial charge in [-0.15, -0.1) is 0 Å². The Morgan fingerprint density at radius 2 is 2.44 bits per heavy atom. The first-order valence-corrected chi connectivity index (χ1v) is 6.04. The molecule has 1 amide bonds. The fourth-order valence-corrected chi connectivity index (χ4v) is 2.15. The van der Waals surface area contributed by atoms with Crippen LogP contribution in [0, 0.1) is 0 Å². The van der Waals surface area contributed by atoms with Crippen LogP contribution in [0.3, 0.4) is 0 Å². The van der Waals surface area contributed by atoms with Gasteiger partial charge in [0.1, 0.15) is 0 Å². The summed E-state index contributed by atoms with van der Waals surface area (Å²) in [7, 11) is 0. The van der Waals surface area contributed by atoms with Gasteiger partial charge in [-0.3, -0.25) is 4.79 Å². The number of hydrogen-bond donors (Lipinski definition) is 1. The highest BCUT2D eigenvalue weighted by atomic mass is 32.1. The van der Waals surface area contributed by atoms with Gasteiger partial charge in [0.25, 0.3) is 5.91 Å². The molecule has 0 aliphatic heterocycles. The maximum absolute atomic E-state index is 11.7. The molecule has 84 valence electrons. The number of nitrogens with one attached hydrogen (secondary N) is 1. The zero-order valence-corrected chi connectivity index (χ0v) is 9.79. The van der Waals surface area contributed by atoms with E-state index in [0.29, 0.717) is 0 Å². The van der Waals surface area contributed by atoms with Crippen molar-refractivity contribution in [3.05, 3.63) is 46.5 Å². The standard InChI is InChI=1S/C12H13NO2S/c1-9(6-10-2-4-15-7-10)13-12(14)11-3-5-16-8-11/h2-5,7-9H,6H2,1H3,(H,13,14)/t9-/m1/s1. The molecule has 2 rings (SSSR count). The first kappa shape index (κ1) is 11.0. The number of thiophene rings is 1. The zero-order chi connectivity index (χ0) is 11.4. The molecule has 0 spiro atoms. The van der Waals surface area contributed by atoms with E-state index in [2.05, 4.69) is 5.32 Å². The minimum absolute atomic E-state index is 0.0164. The van der Waals surface area contributed by atoms with Gasteiger partial charge in [0.2, 0.25) is 0 Å². The van der Waals surface area contributed by atoms with Crippen LogP contribution < -0.4 is 5.32 Å². The second-order valence-corrected chi connectivity index (χ2v) is 4.50. The lowest BCUT2D eigenvalue weighted by molar-refractivity contribution is 0.0940. The van der Waals surface area contributed by atoms with Crippen molar-refractivity contribution in [2.75, 3.05) is 0 Å². The van der Waals surface area contributed by atoms with Gasteiger partial charge in [0, 0.05) is 17.0 Å².